The van der Waals surface area contributed by atoms with Crippen molar-refractivity contribution in [1.82, 2.24) is 15.3 Å². The summed E-state index contributed by atoms with van der Waals surface area (Å²) in [6.45, 7) is 8.81. The molecule has 3 saturated carbocycles. The van der Waals surface area contributed by atoms with Gasteiger partial charge < -0.3 is 43.7 Å². The first kappa shape index (κ1) is 43.8. The van der Waals surface area contributed by atoms with Crippen LogP contribution in [0.2, 0.25) is 0 Å². The third-order valence-corrected chi connectivity index (χ3v) is 13.9. The molecule has 63 heavy (non-hydrogen) atoms. The summed E-state index contributed by atoms with van der Waals surface area (Å²) >= 11 is 0. The number of cyclic esters (lactones) is 1. The number of esters is 4. The Kier molecular flexibility index (Phi) is 11.3. The van der Waals surface area contributed by atoms with Crippen molar-refractivity contribution in [1.29, 1.82) is 0 Å². The molecule has 1 aromatic carbocycles. The Bertz CT molecular complexity index is 2050. The van der Waals surface area contributed by atoms with Gasteiger partial charge >= 0.3 is 23.9 Å². The van der Waals surface area contributed by atoms with Gasteiger partial charge in [0, 0.05) is 42.7 Å². The Morgan fingerprint density at radius 2 is 1.71 bits per heavy atom. The van der Waals surface area contributed by atoms with Crippen LogP contribution < -0.4 is 5.32 Å². The highest BCUT2D eigenvalue weighted by atomic mass is 16.8. The Labute approximate surface area is 366 Å². The van der Waals surface area contributed by atoms with E-state index in [1.165, 1.54) is 16.0 Å². The number of rotatable bonds is 14. The van der Waals surface area contributed by atoms with Gasteiger partial charge in [-0.05, 0) is 82.9 Å². The maximum Gasteiger partial charge on any atom is 0.348 e. The number of nitrogens with zero attached hydrogens (tertiary/aromatic N) is 2. The molecule has 2 bridgehead atoms. The number of fused-ring (bicyclic) bond motifs is 4. The molecule has 0 aromatic heterocycles. The summed E-state index contributed by atoms with van der Waals surface area (Å²) in [6, 6.07) is 4.32. The molecule has 17 heteroatoms. The first-order valence-electron chi connectivity index (χ1n) is 22.5. The fourth-order valence-electron chi connectivity index (χ4n) is 10.6. The van der Waals surface area contributed by atoms with Crippen molar-refractivity contribution >= 4 is 41.8 Å². The quantitative estimate of drug-likeness (QED) is 0.157. The van der Waals surface area contributed by atoms with E-state index in [0.29, 0.717) is 24.0 Å². The molecule has 2 amide bonds. The van der Waals surface area contributed by atoms with Gasteiger partial charge in [0.05, 0.1) is 19.2 Å². The number of aliphatic hydroxyl groups excluding tert-OH is 1. The first-order valence-corrected chi connectivity index (χ1v) is 22.5. The summed E-state index contributed by atoms with van der Waals surface area (Å²) in [5.41, 5.74) is -1.64. The number of benzene rings is 1. The summed E-state index contributed by atoms with van der Waals surface area (Å²) in [6.07, 6.45) is 3.42. The van der Waals surface area contributed by atoms with Gasteiger partial charge in [0.25, 0.3) is 0 Å². The number of ether oxygens (including phenoxy) is 6. The van der Waals surface area contributed by atoms with Crippen LogP contribution in [0.3, 0.4) is 0 Å². The highest BCUT2D eigenvalue weighted by Crippen LogP contribution is 2.64. The van der Waals surface area contributed by atoms with Gasteiger partial charge in [-0.2, -0.15) is 5.06 Å². The normalized spacial score (nSPS) is 33.4. The molecule has 0 spiro atoms. The van der Waals surface area contributed by atoms with E-state index in [1.807, 2.05) is 12.1 Å². The molecule has 17 nitrogen and oxygen atoms in total. The van der Waals surface area contributed by atoms with Crippen LogP contribution >= 0.6 is 0 Å². The van der Waals surface area contributed by atoms with Crippen LogP contribution in [0, 0.1) is 22.7 Å². The Morgan fingerprint density at radius 3 is 2.38 bits per heavy atom. The number of amides is 2. The maximum atomic E-state index is 15.6. The molecular weight excluding hydrogens is 819 g/mol. The van der Waals surface area contributed by atoms with Crippen LogP contribution in [-0.2, 0) is 68.6 Å². The van der Waals surface area contributed by atoms with Gasteiger partial charge in [0.15, 0.2) is 11.8 Å². The van der Waals surface area contributed by atoms with Crippen molar-refractivity contribution in [3.05, 3.63) is 41.5 Å². The van der Waals surface area contributed by atoms with Crippen molar-refractivity contribution in [2.75, 3.05) is 19.8 Å². The molecule has 9 atom stereocenters. The number of nitrogens with one attached hydrogen (secondary N) is 1. The maximum absolute atomic E-state index is 15.6. The minimum absolute atomic E-state index is 0.00187. The average Bonchev–Trinajstić information content (AvgIpc) is 4.13. The predicted molar refractivity (Wildman–Crippen MR) is 218 cm³/mol. The molecule has 5 heterocycles. The van der Waals surface area contributed by atoms with Crippen molar-refractivity contribution in [3.8, 4) is 0 Å². The van der Waals surface area contributed by atoms with Gasteiger partial charge in [-0.1, -0.05) is 38.1 Å². The number of hydroxylamine groups is 2. The smallest absolute Gasteiger partial charge is 0.348 e. The molecule has 8 aliphatic rings. The molecule has 1 aromatic rings. The number of hydrogen-bond acceptors (Lipinski definition) is 15. The largest absolute Gasteiger partial charge is 0.462 e. The topological polar surface area (TPSA) is 206 Å². The van der Waals surface area contributed by atoms with E-state index in [2.05, 4.69) is 5.32 Å². The highest BCUT2D eigenvalue weighted by Gasteiger charge is 2.78. The summed E-state index contributed by atoms with van der Waals surface area (Å²) < 4.78 is 36.2. The summed E-state index contributed by atoms with van der Waals surface area (Å²) in [7, 11) is 0. The summed E-state index contributed by atoms with van der Waals surface area (Å²) in [5.74, 6) is -3.81. The van der Waals surface area contributed by atoms with Crippen molar-refractivity contribution in [3.63, 3.8) is 0 Å². The molecule has 342 valence electrons. The second-order valence-electron chi connectivity index (χ2n) is 20.3. The van der Waals surface area contributed by atoms with Crippen molar-refractivity contribution < 1.29 is 67.1 Å². The van der Waals surface area contributed by atoms with Crippen LogP contribution in [0.4, 0.5) is 0 Å². The van der Waals surface area contributed by atoms with E-state index in [1.54, 1.807) is 52.8 Å². The van der Waals surface area contributed by atoms with Crippen molar-refractivity contribution in [2.24, 2.45) is 22.7 Å². The Hall–Kier alpha value is -4.42. The Balaban J connectivity index is 0.993. The van der Waals surface area contributed by atoms with Crippen LogP contribution in [0.15, 0.2) is 30.3 Å². The van der Waals surface area contributed by atoms with Crippen LogP contribution in [0.25, 0.3) is 6.08 Å². The fourth-order valence-corrected chi connectivity index (χ4v) is 10.6. The molecule has 5 saturated heterocycles. The molecule has 3 aliphatic carbocycles. The molecule has 9 unspecified atom stereocenters. The molecule has 5 aliphatic heterocycles. The third-order valence-electron chi connectivity index (χ3n) is 13.9. The standard InChI is InChI=1S/C46H59N3O14/c1-43(2,3)60-33(52)19-17-29(23-50)47-39(53)30-11-8-20-48(30)42(56)45-21-31-34-35(62-46(61-34,27-13-14-27)28-15-16-28)37(45)63-49(36(45)40(54)58-31)22-26-10-7-6-9-25(26)12-18-32(51)59-38-41(55)57-24-44(38,4)5/h6-7,9-10,12,18,27-31,34-38,50H,8,11,13-17,19-24H2,1-5H3,(H,47,53). The lowest BCUT2D eigenvalue weighted by Crippen LogP contribution is -2.70. The average molecular weight is 878 g/mol. The molecule has 9 rings (SSSR count). The minimum atomic E-state index is -1.53. The van der Waals surface area contributed by atoms with E-state index in [0.717, 1.165) is 25.7 Å². The molecule has 8 fully saturated rings. The fraction of sp³-hybridized carbons (Fsp3) is 0.696. The monoisotopic (exact) mass is 877 g/mol. The lowest BCUT2D eigenvalue weighted by Gasteiger charge is -2.50. The van der Waals surface area contributed by atoms with Crippen LogP contribution in [0.1, 0.15) is 104 Å². The SMILES string of the molecule is CC(C)(C)OC(=O)CCC(CO)NC(=O)C1CCCN1C(=O)C12CC3OC(=O)C1N(Cc1ccccc1C=CC(=O)OC1C(=O)OCC1(C)C)OC2C1OC(C2CC2)(C2CC2)OC31. The molecular formula is C46H59N3O14. The predicted octanol–water partition coefficient (Wildman–Crippen LogP) is 2.88. The lowest BCUT2D eigenvalue weighted by atomic mass is 9.62. The molecule has 0 radical (unpaired) electrons. The van der Waals surface area contributed by atoms with Gasteiger partial charge in [-0.25, -0.2) is 9.59 Å². The van der Waals surface area contributed by atoms with E-state index >= 15 is 4.79 Å². The van der Waals surface area contributed by atoms with E-state index < -0.39 is 113 Å². The minimum Gasteiger partial charge on any atom is -0.462 e. The lowest BCUT2D eigenvalue weighted by molar-refractivity contribution is -0.235. The summed E-state index contributed by atoms with van der Waals surface area (Å²) in [5, 5.41) is 14.6. The van der Waals surface area contributed by atoms with Gasteiger partial charge in [-0.15, -0.1) is 0 Å². The molecule has 2 N–H and O–H groups in total. The second kappa shape index (κ2) is 16.2. The summed E-state index contributed by atoms with van der Waals surface area (Å²) in [4.78, 5) is 90.3. The zero-order chi connectivity index (χ0) is 44.6. The number of carbonyl (C=O) groups excluding carboxylic acids is 6. The number of carbonyl (C=O) groups is 6. The zero-order valence-corrected chi connectivity index (χ0v) is 36.6. The van der Waals surface area contributed by atoms with Gasteiger partial charge in [-0.3, -0.25) is 24.0 Å². The van der Waals surface area contributed by atoms with Crippen LogP contribution in [-0.4, -0.2) is 131 Å². The van der Waals surface area contributed by atoms with Crippen molar-refractivity contribution in [2.45, 2.75) is 159 Å². The number of hydrogen-bond donors (Lipinski definition) is 2. The van der Waals surface area contributed by atoms with E-state index in [-0.39, 0.29) is 50.8 Å². The third kappa shape index (κ3) is 8.06. The van der Waals surface area contributed by atoms with Gasteiger partial charge in [0.1, 0.15) is 48.1 Å². The second-order valence-corrected chi connectivity index (χ2v) is 20.3. The number of likely N-dealkylation sites (tertiary alicyclic amines) is 1. The van der Waals surface area contributed by atoms with E-state index in [4.69, 9.17) is 33.3 Å². The first-order chi connectivity index (χ1) is 29.9. The van der Waals surface area contributed by atoms with Crippen LogP contribution in [0.5, 0.6) is 0 Å². The highest BCUT2D eigenvalue weighted by molar-refractivity contribution is 5.97. The van der Waals surface area contributed by atoms with E-state index in [9.17, 15) is 29.1 Å². The number of aliphatic hydroxyl groups is 1. The Morgan fingerprint density at radius 1 is 1.00 bits per heavy atom. The zero-order valence-electron chi connectivity index (χ0n) is 36.6. The van der Waals surface area contributed by atoms with Gasteiger partial charge in [0.2, 0.25) is 17.9 Å².